The van der Waals surface area contributed by atoms with Crippen molar-refractivity contribution < 1.29 is 23.9 Å². The van der Waals surface area contributed by atoms with E-state index in [2.05, 4.69) is 15.7 Å². The molecule has 0 spiro atoms. The molecule has 0 bridgehead atoms. The molecule has 0 saturated carbocycles. The average molecular weight is 577 g/mol. The maximum absolute atomic E-state index is 13.8. The van der Waals surface area contributed by atoms with Crippen LogP contribution in [0.25, 0.3) is 0 Å². The third-order valence-corrected chi connectivity index (χ3v) is 7.05. The number of likely N-dealkylation sites (tertiary alicyclic amines) is 1. The standard InChI is InChI=1S/C31H40N6O5/c1-31(2,32)30(40)35-25(21-42-20-22-12-7-6-8-13-22)28(38)34-24-18-33-37(19-24)27(23-14-9-4-5-10-15-23)29(39)36-17-11-16-26(36)41-3/h4,6-10,12-15,18-19,25-27H,5,11,16-17,20-21,32H2,1-3H3,(H,34,38)(H,35,40)/t25?,26-,27?/m1/s1. The van der Waals surface area contributed by atoms with Crippen molar-refractivity contribution >= 4 is 23.4 Å². The zero-order valence-corrected chi connectivity index (χ0v) is 24.4. The summed E-state index contributed by atoms with van der Waals surface area (Å²) < 4.78 is 12.9. The Morgan fingerprint density at radius 2 is 1.98 bits per heavy atom. The minimum atomic E-state index is -1.19. The molecule has 1 fully saturated rings. The fraction of sp³-hybridized carbons (Fsp3) is 0.419. The van der Waals surface area contributed by atoms with Crippen molar-refractivity contribution in [1.82, 2.24) is 20.0 Å². The maximum atomic E-state index is 13.8. The van der Waals surface area contributed by atoms with E-state index in [0.29, 0.717) is 12.2 Å². The van der Waals surface area contributed by atoms with Crippen molar-refractivity contribution in [2.24, 2.45) is 5.73 Å². The van der Waals surface area contributed by atoms with E-state index in [1.165, 1.54) is 6.20 Å². The maximum Gasteiger partial charge on any atom is 0.254 e. The third kappa shape index (κ3) is 8.03. The van der Waals surface area contributed by atoms with Crippen LogP contribution in [0.5, 0.6) is 0 Å². The van der Waals surface area contributed by atoms with Gasteiger partial charge < -0.3 is 30.7 Å². The number of anilines is 1. The Morgan fingerprint density at radius 3 is 2.71 bits per heavy atom. The Kier molecular flexibility index (Phi) is 10.5. The highest BCUT2D eigenvalue weighted by atomic mass is 16.5. The van der Waals surface area contributed by atoms with Crippen LogP contribution in [0.1, 0.15) is 44.7 Å². The van der Waals surface area contributed by atoms with Crippen LogP contribution in [0.2, 0.25) is 0 Å². The third-order valence-electron chi connectivity index (χ3n) is 7.05. The molecule has 42 heavy (non-hydrogen) atoms. The van der Waals surface area contributed by atoms with Gasteiger partial charge in [-0.15, -0.1) is 0 Å². The summed E-state index contributed by atoms with van der Waals surface area (Å²) in [6.45, 7) is 3.90. The molecule has 3 amide bonds. The minimum Gasteiger partial charge on any atom is -0.374 e. The largest absolute Gasteiger partial charge is 0.374 e. The molecule has 4 rings (SSSR count). The highest BCUT2D eigenvalue weighted by molar-refractivity contribution is 5.98. The number of benzene rings is 1. The normalized spacial score (nSPS) is 18.2. The Morgan fingerprint density at radius 1 is 1.19 bits per heavy atom. The lowest BCUT2D eigenvalue weighted by atomic mass is 10.0. The number of nitrogens with one attached hydrogen (secondary N) is 2. The van der Waals surface area contributed by atoms with Crippen LogP contribution < -0.4 is 16.4 Å². The summed E-state index contributed by atoms with van der Waals surface area (Å²) in [7, 11) is 1.60. The lowest BCUT2D eigenvalue weighted by Crippen LogP contribution is -2.56. The monoisotopic (exact) mass is 576 g/mol. The molecule has 2 unspecified atom stereocenters. The Labute approximate surface area is 246 Å². The molecule has 1 aliphatic heterocycles. The summed E-state index contributed by atoms with van der Waals surface area (Å²) >= 11 is 0. The molecule has 2 aliphatic rings. The molecular weight excluding hydrogens is 536 g/mol. The van der Waals surface area contributed by atoms with Gasteiger partial charge in [-0.25, -0.2) is 0 Å². The number of aromatic nitrogens is 2. The Hall–Kier alpha value is -4.06. The molecular formula is C31H40N6O5. The molecule has 0 radical (unpaired) electrons. The van der Waals surface area contributed by atoms with Gasteiger partial charge in [0.1, 0.15) is 12.3 Å². The number of amides is 3. The van der Waals surface area contributed by atoms with Crippen LogP contribution in [0.15, 0.2) is 78.7 Å². The molecule has 1 aromatic carbocycles. The number of methoxy groups -OCH3 is 1. The van der Waals surface area contributed by atoms with E-state index in [4.69, 9.17) is 15.2 Å². The number of carbonyl (C=O) groups is 3. The Bertz CT molecular complexity index is 1330. The first kappa shape index (κ1) is 30.9. The van der Waals surface area contributed by atoms with Gasteiger partial charge in [0.05, 0.1) is 30.6 Å². The smallest absolute Gasteiger partial charge is 0.254 e. The van der Waals surface area contributed by atoms with Gasteiger partial charge in [0.2, 0.25) is 11.8 Å². The first-order valence-corrected chi connectivity index (χ1v) is 14.1. The molecule has 1 aromatic heterocycles. The number of nitrogens with zero attached hydrogens (tertiary/aromatic N) is 3. The van der Waals surface area contributed by atoms with E-state index in [0.717, 1.165) is 30.4 Å². The topological polar surface area (TPSA) is 141 Å². The molecule has 2 heterocycles. The van der Waals surface area contributed by atoms with E-state index in [1.54, 1.807) is 36.7 Å². The predicted molar refractivity (Wildman–Crippen MR) is 159 cm³/mol. The number of rotatable bonds is 12. The van der Waals surface area contributed by atoms with Gasteiger partial charge in [0.15, 0.2) is 6.04 Å². The van der Waals surface area contributed by atoms with E-state index in [9.17, 15) is 14.4 Å². The van der Waals surface area contributed by atoms with Crippen LogP contribution in [-0.2, 0) is 30.5 Å². The Balaban J connectivity index is 1.52. The second-order valence-corrected chi connectivity index (χ2v) is 10.9. The summed E-state index contributed by atoms with van der Waals surface area (Å²) in [4.78, 5) is 41.6. The summed E-state index contributed by atoms with van der Waals surface area (Å²) in [5.41, 5.74) is 6.83. The quantitative estimate of drug-likeness (QED) is 0.353. The molecule has 3 atom stereocenters. The van der Waals surface area contributed by atoms with Crippen molar-refractivity contribution in [3.8, 4) is 0 Å². The van der Waals surface area contributed by atoms with Crippen molar-refractivity contribution in [3.05, 3.63) is 84.2 Å². The number of hydrogen-bond donors (Lipinski definition) is 3. The SMILES string of the molecule is CO[C@@H]1CCCN1C(=O)C(C1=CC=CCC=C1)n1cc(NC(=O)C(COCc2ccccc2)NC(=O)C(C)(C)N)cn1. The lowest BCUT2D eigenvalue weighted by Gasteiger charge is -2.28. The number of nitrogens with two attached hydrogens (primary N) is 1. The molecule has 4 N–H and O–H groups in total. The highest BCUT2D eigenvalue weighted by Gasteiger charge is 2.36. The summed E-state index contributed by atoms with van der Waals surface area (Å²) in [6.07, 6.45) is 14.9. The molecule has 1 saturated heterocycles. The summed E-state index contributed by atoms with van der Waals surface area (Å²) in [5.74, 6) is -1.14. The minimum absolute atomic E-state index is 0.0742. The zero-order chi connectivity index (χ0) is 30.1. The van der Waals surface area contributed by atoms with Gasteiger partial charge in [-0.3, -0.25) is 19.1 Å². The molecule has 11 heteroatoms. The lowest BCUT2D eigenvalue weighted by molar-refractivity contribution is -0.142. The fourth-order valence-electron chi connectivity index (χ4n) is 4.75. The van der Waals surface area contributed by atoms with Gasteiger partial charge in [-0.05, 0) is 44.2 Å². The van der Waals surface area contributed by atoms with E-state index < -0.39 is 29.4 Å². The summed E-state index contributed by atoms with van der Waals surface area (Å²) in [6, 6.07) is 7.74. The van der Waals surface area contributed by atoms with Crippen LogP contribution in [-0.4, -0.2) is 70.5 Å². The number of hydrogen-bond acceptors (Lipinski definition) is 7. The number of ether oxygens (including phenoxy) is 2. The predicted octanol–water partition coefficient (Wildman–Crippen LogP) is 2.84. The van der Waals surface area contributed by atoms with E-state index in [-0.39, 0.29) is 25.3 Å². The van der Waals surface area contributed by atoms with Crippen LogP contribution in [0, 0.1) is 0 Å². The van der Waals surface area contributed by atoms with Gasteiger partial charge >= 0.3 is 0 Å². The first-order valence-electron chi connectivity index (χ1n) is 14.1. The van der Waals surface area contributed by atoms with Gasteiger partial charge in [0.25, 0.3) is 5.91 Å². The second-order valence-electron chi connectivity index (χ2n) is 10.9. The van der Waals surface area contributed by atoms with Crippen LogP contribution in [0.4, 0.5) is 5.69 Å². The average Bonchev–Trinajstić information content (AvgIpc) is 3.55. The van der Waals surface area contributed by atoms with E-state index in [1.807, 2.05) is 60.7 Å². The van der Waals surface area contributed by atoms with Crippen molar-refractivity contribution in [3.63, 3.8) is 0 Å². The number of allylic oxidation sites excluding steroid dienone is 5. The fourth-order valence-corrected chi connectivity index (χ4v) is 4.75. The van der Waals surface area contributed by atoms with Crippen molar-refractivity contribution in [2.75, 3.05) is 25.6 Å². The summed E-state index contributed by atoms with van der Waals surface area (Å²) in [5, 5.41) is 9.95. The molecule has 2 aromatic rings. The molecule has 1 aliphatic carbocycles. The van der Waals surface area contributed by atoms with Gasteiger partial charge in [0, 0.05) is 19.9 Å². The van der Waals surface area contributed by atoms with Crippen molar-refractivity contribution in [2.45, 2.75) is 63.6 Å². The van der Waals surface area contributed by atoms with Crippen LogP contribution in [0.3, 0.4) is 0 Å². The molecule has 11 nitrogen and oxygen atoms in total. The first-order chi connectivity index (χ1) is 20.2. The highest BCUT2D eigenvalue weighted by Crippen LogP contribution is 2.28. The van der Waals surface area contributed by atoms with E-state index >= 15 is 0 Å². The molecule has 224 valence electrons. The van der Waals surface area contributed by atoms with Gasteiger partial charge in [-0.2, -0.15) is 5.10 Å². The van der Waals surface area contributed by atoms with Gasteiger partial charge in [-0.1, -0.05) is 60.7 Å². The number of carbonyl (C=O) groups excluding carboxylic acids is 3. The zero-order valence-electron chi connectivity index (χ0n) is 24.4. The van der Waals surface area contributed by atoms with Crippen molar-refractivity contribution in [1.29, 1.82) is 0 Å². The van der Waals surface area contributed by atoms with Crippen LogP contribution >= 0.6 is 0 Å². The second kappa shape index (κ2) is 14.2.